The molecule has 2 aromatic carbocycles. The van der Waals surface area contributed by atoms with Gasteiger partial charge in [0.2, 0.25) is 5.95 Å². The number of halogens is 4. The zero-order valence-corrected chi connectivity index (χ0v) is 25.5. The first-order chi connectivity index (χ1) is 22.2. The van der Waals surface area contributed by atoms with E-state index in [0.717, 1.165) is 24.6 Å². The number of nitrogens with zero attached hydrogens (tertiary/aromatic N) is 6. The van der Waals surface area contributed by atoms with Gasteiger partial charge in [-0.2, -0.15) is 18.2 Å². The fraction of sp³-hybridized carbons (Fsp3) is 0.250. The predicted molar refractivity (Wildman–Crippen MR) is 168 cm³/mol. The summed E-state index contributed by atoms with van der Waals surface area (Å²) in [4.78, 5) is 19.1. The van der Waals surface area contributed by atoms with Crippen molar-refractivity contribution in [1.29, 1.82) is 0 Å². The summed E-state index contributed by atoms with van der Waals surface area (Å²) in [6, 6.07) is 13.8. The molecule has 1 aliphatic rings. The van der Waals surface area contributed by atoms with E-state index in [0.29, 0.717) is 36.5 Å². The fourth-order valence-corrected chi connectivity index (χ4v) is 5.58. The van der Waals surface area contributed by atoms with Crippen LogP contribution in [-0.2, 0) is 31.1 Å². The van der Waals surface area contributed by atoms with E-state index in [2.05, 4.69) is 30.2 Å². The molecule has 0 amide bonds. The molecule has 0 bridgehead atoms. The van der Waals surface area contributed by atoms with E-state index in [1.165, 1.54) is 37.1 Å². The third-order valence-electron chi connectivity index (χ3n) is 7.53. The molecule has 0 radical (unpaired) electrons. The molecule has 0 aliphatic carbocycles. The number of rotatable bonds is 10. The number of alkyl halides is 3. The summed E-state index contributed by atoms with van der Waals surface area (Å²) in [6.07, 6.45) is 3.37. The quantitative estimate of drug-likeness (QED) is 0.168. The number of anilines is 2. The van der Waals surface area contributed by atoms with Crippen molar-refractivity contribution in [3.8, 4) is 5.75 Å². The zero-order valence-electron chi connectivity index (χ0n) is 24.7. The molecule has 1 unspecified atom stereocenters. The summed E-state index contributed by atoms with van der Waals surface area (Å²) in [5, 5.41) is 3.21. The topological polar surface area (TPSA) is 116 Å². The van der Waals surface area contributed by atoms with Gasteiger partial charge in [-0.15, -0.1) is 0 Å². The van der Waals surface area contributed by atoms with Crippen LogP contribution in [-0.4, -0.2) is 48.6 Å². The van der Waals surface area contributed by atoms with Crippen molar-refractivity contribution in [2.75, 3.05) is 18.4 Å². The normalized spacial score (nSPS) is 15.8. The van der Waals surface area contributed by atoms with Crippen LogP contribution >= 0.6 is 11.6 Å². The molecule has 6 rings (SSSR count). The second-order valence-corrected chi connectivity index (χ2v) is 11.2. The Labute approximate surface area is 267 Å². The molecule has 0 spiro atoms. The van der Waals surface area contributed by atoms with Crippen LogP contribution in [0.3, 0.4) is 0 Å². The predicted octanol–water partition coefficient (Wildman–Crippen LogP) is 6.30. The van der Waals surface area contributed by atoms with E-state index < -0.39 is 11.7 Å². The highest BCUT2D eigenvalue weighted by Crippen LogP contribution is 2.37. The van der Waals surface area contributed by atoms with Crippen LogP contribution in [0.25, 0.3) is 16.9 Å². The number of ether oxygens (including phenoxy) is 2. The molecule has 4 heterocycles. The molecule has 10 nitrogen and oxygen atoms in total. The van der Waals surface area contributed by atoms with Crippen LogP contribution < -0.4 is 15.8 Å². The molecule has 3 N–H and O–H groups in total. The largest absolute Gasteiger partial charge is 0.450 e. The number of pyridine rings is 1. The summed E-state index contributed by atoms with van der Waals surface area (Å²) < 4.78 is 55.5. The van der Waals surface area contributed by atoms with Crippen LogP contribution in [0.1, 0.15) is 28.8 Å². The molecule has 1 atom stereocenters. The van der Waals surface area contributed by atoms with E-state index in [4.69, 9.17) is 26.8 Å². The lowest BCUT2D eigenvalue weighted by molar-refractivity contribution is -0.137. The molecule has 1 aliphatic heterocycles. The van der Waals surface area contributed by atoms with Crippen molar-refractivity contribution in [2.24, 2.45) is 12.8 Å². The SMILES string of the molecule is Cn1c(Nc2cc(CN3CCC(OCc4ccccc4)C3)cc(C(F)(F)F)c2)nc2ncc(OC(=CN)c3cnccn3)c(Cl)c21. The average Bonchev–Trinajstić information content (AvgIpc) is 3.63. The van der Waals surface area contributed by atoms with Gasteiger partial charge in [0, 0.05) is 51.0 Å². The number of aryl methyl sites for hydroxylation is 1. The maximum Gasteiger partial charge on any atom is 0.416 e. The number of fused-ring (bicyclic) bond motifs is 1. The number of imidazole rings is 1. The summed E-state index contributed by atoms with van der Waals surface area (Å²) >= 11 is 6.70. The second kappa shape index (κ2) is 13.3. The van der Waals surface area contributed by atoms with Crippen LogP contribution in [0.2, 0.25) is 5.02 Å². The van der Waals surface area contributed by atoms with E-state index in [-0.39, 0.29) is 39.9 Å². The lowest BCUT2D eigenvalue weighted by atomic mass is 10.1. The van der Waals surface area contributed by atoms with Gasteiger partial charge in [-0.05, 0) is 35.7 Å². The van der Waals surface area contributed by atoms with Crippen molar-refractivity contribution in [3.05, 3.63) is 107 Å². The van der Waals surface area contributed by atoms with Crippen LogP contribution in [0.5, 0.6) is 5.75 Å². The molecule has 0 saturated carbocycles. The molecule has 14 heteroatoms. The molecule has 1 fully saturated rings. The Balaban J connectivity index is 1.20. The van der Waals surface area contributed by atoms with Crippen molar-refractivity contribution in [3.63, 3.8) is 0 Å². The van der Waals surface area contributed by atoms with E-state index >= 15 is 0 Å². The minimum Gasteiger partial charge on any atom is -0.450 e. The molecule has 238 valence electrons. The van der Waals surface area contributed by atoms with Gasteiger partial charge in [-0.25, -0.2) is 9.97 Å². The maximum absolute atomic E-state index is 14.0. The third kappa shape index (κ3) is 7.06. The number of benzene rings is 2. The lowest BCUT2D eigenvalue weighted by Gasteiger charge is -2.19. The van der Waals surface area contributed by atoms with Crippen molar-refractivity contribution >= 4 is 40.2 Å². The first kappa shape index (κ1) is 31.3. The fourth-order valence-electron chi connectivity index (χ4n) is 5.28. The number of likely N-dealkylation sites (tertiary alicyclic amines) is 1. The van der Waals surface area contributed by atoms with Crippen LogP contribution in [0.15, 0.2) is 79.5 Å². The van der Waals surface area contributed by atoms with Gasteiger partial charge < -0.3 is 25.1 Å². The van der Waals surface area contributed by atoms with Gasteiger partial charge in [-0.3, -0.25) is 9.88 Å². The monoisotopic (exact) mass is 650 g/mol. The highest BCUT2D eigenvalue weighted by molar-refractivity contribution is 6.36. The third-order valence-corrected chi connectivity index (χ3v) is 7.90. The van der Waals surface area contributed by atoms with Gasteiger partial charge in [0.25, 0.3) is 0 Å². The van der Waals surface area contributed by atoms with Crippen LogP contribution in [0, 0.1) is 0 Å². The Kier molecular flexibility index (Phi) is 9.06. The standard InChI is InChI=1S/C32H30ClF3N8O2/c1-43-29-28(33)27(46-26(14-37)25-15-38-8-9-39-25)16-40-30(29)42-31(43)41-23-12-21(11-22(13-23)32(34,35)36)17-44-10-7-24(18-44)45-19-20-5-3-2-4-6-20/h2-6,8-9,11-16,24H,7,10,17-19,37H2,1H3,(H,40,41,42). The number of hydrogen-bond acceptors (Lipinski definition) is 9. The minimum absolute atomic E-state index is 0.00626. The van der Waals surface area contributed by atoms with Crippen molar-refractivity contribution < 1.29 is 22.6 Å². The Morgan fingerprint density at radius 1 is 1.11 bits per heavy atom. The van der Waals surface area contributed by atoms with Crippen molar-refractivity contribution in [1.82, 2.24) is 29.4 Å². The second-order valence-electron chi connectivity index (χ2n) is 10.8. The molecule has 46 heavy (non-hydrogen) atoms. The first-order valence-corrected chi connectivity index (χ1v) is 14.8. The van der Waals surface area contributed by atoms with Gasteiger partial charge >= 0.3 is 6.18 Å². The molecular weight excluding hydrogens is 621 g/mol. The van der Waals surface area contributed by atoms with E-state index in [1.54, 1.807) is 17.7 Å². The van der Waals surface area contributed by atoms with Gasteiger partial charge in [0.05, 0.1) is 30.7 Å². The van der Waals surface area contributed by atoms with E-state index in [1.807, 2.05) is 30.3 Å². The Morgan fingerprint density at radius 3 is 2.67 bits per heavy atom. The first-order valence-electron chi connectivity index (χ1n) is 14.4. The Bertz CT molecular complexity index is 1850. The van der Waals surface area contributed by atoms with Gasteiger partial charge in [0.15, 0.2) is 17.2 Å². The minimum atomic E-state index is -4.54. The highest BCUT2D eigenvalue weighted by atomic mass is 35.5. The van der Waals surface area contributed by atoms with Gasteiger partial charge in [-0.1, -0.05) is 41.9 Å². The summed E-state index contributed by atoms with van der Waals surface area (Å²) in [6.45, 7) is 2.18. The van der Waals surface area contributed by atoms with Crippen molar-refractivity contribution in [2.45, 2.75) is 31.9 Å². The summed E-state index contributed by atoms with van der Waals surface area (Å²) in [5.74, 6) is 0.634. The van der Waals surface area contributed by atoms with Crippen LogP contribution in [0.4, 0.5) is 24.8 Å². The smallest absolute Gasteiger partial charge is 0.416 e. The molecule has 1 saturated heterocycles. The molecular formula is C32H30ClF3N8O2. The number of aromatic nitrogens is 5. The molecule has 3 aromatic heterocycles. The maximum atomic E-state index is 14.0. The van der Waals surface area contributed by atoms with E-state index in [9.17, 15) is 13.2 Å². The number of nitrogens with one attached hydrogen (secondary N) is 1. The number of hydrogen-bond donors (Lipinski definition) is 2. The average molecular weight is 651 g/mol. The Morgan fingerprint density at radius 2 is 1.93 bits per heavy atom. The Hall–Kier alpha value is -4.72. The number of nitrogens with two attached hydrogens (primary N) is 1. The lowest BCUT2D eigenvalue weighted by Crippen LogP contribution is -2.23. The molecule has 5 aromatic rings. The summed E-state index contributed by atoms with van der Waals surface area (Å²) in [7, 11) is 1.67. The summed E-state index contributed by atoms with van der Waals surface area (Å²) in [5.41, 5.74) is 7.86. The van der Waals surface area contributed by atoms with Gasteiger partial charge in [0.1, 0.15) is 16.2 Å². The zero-order chi connectivity index (χ0) is 32.3. The highest BCUT2D eigenvalue weighted by Gasteiger charge is 2.32.